The van der Waals surface area contributed by atoms with E-state index in [0.717, 1.165) is 24.9 Å². The molecular formula is C14H27ClO2. The van der Waals surface area contributed by atoms with E-state index in [1.165, 1.54) is 19.3 Å². The van der Waals surface area contributed by atoms with Crippen molar-refractivity contribution in [2.45, 2.75) is 44.9 Å². The van der Waals surface area contributed by atoms with Gasteiger partial charge in [-0.15, -0.1) is 11.6 Å². The van der Waals surface area contributed by atoms with Crippen molar-refractivity contribution in [2.75, 3.05) is 26.9 Å². The maximum atomic E-state index is 6.41. The molecule has 0 spiro atoms. The lowest BCUT2D eigenvalue weighted by Crippen LogP contribution is -2.29. The summed E-state index contributed by atoms with van der Waals surface area (Å²) < 4.78 is 10.5. The molecule has 2 nitrogen and oxygen atoms in total. The minimum absolute atomic E-state index is 0.357. The zero-order chi connectivity index (χ0) is 12.7. The van der Waals surface area contributed by atoms with Crippen molar-refractivity contribution in [1.29, 1.82) is 0 Å². The zero-order valence-electron chi connectivity index (χ0n) is 11.5. The highest BCUT2D eigenvalue weighted by molar-refractivity contribution is 6.20. The quantitative estimate of drug-likeness (QED) is 0.514. The lowest BCUT2D eigenvalue weighted by Gasteiger charge is -2.35. The summed E-state index contributed by atoms with van der Waals surface area (Å²) in [6.45, 7) is 6.85. The molecule has 1 rings (SSSR count). The molecule has 0 bridgehead atoms. The van der Waals surface area contributed by atoms with Crippen molar-refractivity contribution in [3.05, 3.63) is 0 Å². The molecule has 0 aromatic carbocycles. The Morgan fingerprint density at radius 3 is 2.59 bits per heavy atom. The van der Waals surface area contributed by atoms with Gasteiger partial charge >= 0.3 is 0 Å². The molecule has 1 saturated carbocycles. The molecule has 0 saturated heterocycles. The molecule has 1 aliphatic carbocycles. The molecule has 0 amide bonds. The third-order valence-electron chi connectivity index (χ3n) is 3.94. The van der Waals surface area contributed by atoms with Gasteiger partial charge in [0.15, 0.2) is 0 Å². The molecule has 0 aliphatic heterocycles. The molecule has 3 unspecified atom stereocenters. The summed E-state index contributed by atoms with van der Waals surface area (Å²) >= 11 is 6.41. The first kappa shape index (κ1) is 15.3. The van der Waals surface area contributed by atoms with Crippen LogP contribution >= 0.6 is 11.6 Å². The zero-order valence-corrected chi connectivity index (χ0v) is 12.2. The number of halogens is 1. The van der Waals surface area contributed by atoms with Crippen LogP contribution in [0.5, 0.6) is 0 Å². The SMILES string of the molecule is COCCOCCC1CC(C(C)C)CCC1Cl. The first-order valence-electron chi connectivity index (χ1n) is 6.86. The second-order valence-electron chi connectivity index (χ2n) is 5.49. The molecule has 0 N–H and O–H groups in total. The lowest BCUT2D eigenvalue weighted by atomic mass is 9.75. The average molecular weight is 263 g/mol. The highest BCUT2D eigenvalue weighted by Crippen LogP contribution is 2.37. The maximum Gasteiger partial charge on any atom is 0.0700 e. The van der Waals surface area contributed by atoms with Crippen LogP contribution in [0.25, 0.3) is 0 Å². The van der Waals surface area contributed by atoms with Crippen molar-refractivity contribution in [3.63, 3.8) is 0 Å². The fourth-order valence-electron chi connectivity index (χ4n) is 2.65. The summed E-state index contributed by atoms with van der Waals surface area (Å²) in [7, 11) is 1.70. The minimum Gasteiger partial charge on any atom is -0.382 e. The fraction of sp³-hybridized carbons (Fsp3) is 1.00. The second kappa shape index (κ2) is 8.34. The van der Waals surface area contributed by atoms with Crippen molar-refractivity contribution in [3.8, 4) is 0 Å². The fourth-order valence-corrected chi connectivity index (χ4v) is 3.00. The standard InChI is InChI=1S/C14H27ClO2/c1-11(2)12-4-5-14(15)13(10-12)6-7-17-9-8-16-3/h11-14H,4-10H2,1-3H3. The predicted octanol–water partition coefficient (Wildman–Crippen LogP) is 3.72. The Morgan fingerprint density at radius 1 is 1.18 bits per heavy atom. The lowest BCUT2D eigenvalue weighted by molar-refractivity contribution is 0.0581. The largest absolute Gasteiger partial charge is 0.382 e. The number of hydrogen-bond acceptors (Lipinski definition) is 2. The summed E-state index contributed by atoms with van der Waals surface area (Å²) in [5.41, 5.74) is 0. The molecule has 0 aromatic rings. The van der Waals surface area contributed by atoms with Crippen LogP contribution in [0.2, 0.25) is 0 Å². The Labute approximate surface area is 111 Å². The number of alkyl halides is 1. The van der Waals surface area contributed by atoms with Gasteiger partial charge in [-0.1, -0.05) is 13.8 Å². The van der Waals surface area contributed by atoms with E-state index in [2.05, 4.69) is 13.8 Å². The number of methoxy groups -OCH3 is 1. The second-order valence-corrected chi connectivity index (χ2v) is 6.05. The van der Waals surface area contributed by atoms with Crippen LogP contribution in [0, 0.1) is 17.8 Å². The topological polar surface area (TPSA) is 18.5 Å². The smallest absolute Gasteiger partial charge is 0.0700 e. The van der Waals surface area contributed by atoms with Gasteiger partial charge in [-0.2, -0.15) is 0 Å². The van der Waals surface area contributed by atoms with E-state index in [4.69, 9.17) is 21.1 Å². The molecule has 3 heteroatoms. The summed E-state index contributed by atoms with van der Waals surface area (Å²) in [5, 5.41) is 0.357. The van der Waals surface area contributed by atoms with E-state index >= 15 is 0 Å². The van der Waals surface area contributed by atoms with E-state index in [-0.39, 0.29) is 0 Å². The number of rotatable bonds is 7. The molecule has 3 atom stereocenters. The Hall–Kier alpha value is 0.210. The van der Waals surface area contributed by atoms with Crippen LogP contribution in [0.3, 0.4) is 0 Å². The predicted molar refractivity (Wildman–Crippen MR) is 72.6 cm³/mol. The molecular weight excluding hydrogens is 236 g/mol. The van der Waals surface area contributed by atoms with Gasteiger partial charge in [-0.3, -0.25) is 0 Å². The summed E-state index contributed by atoms with van der Waals surface area (Å²) in [5.74, 6) is 2.28. The molecule has 102 valence electrons. The van der Waals surface area contributed by atoms with Gasteiger partial charge in [-0.05, 0) is 43.4 Å². The molecule has 17 heavy (non-hydrogen) atoms. The Bertz CT molecular complexity index is 197. The minimum atomic E-state index is 0.357. The van der Waals surface area contributed by atoms with Crippen LogP contribution in [0.1, 0.15) is 39.5 Å². The van der Waals surface area contributed by atoms with Crippen LogP contribution in [0.15, 0.2) is 0 Å². The van der Waals surface area contributed by atoms with Gasteiger partial charge in [0, 0.05) is 19.1 Å². The van der Waals surface area contributed by atoms with Crippen molar-refractivity contribution < 1.29 is 9.47 Å². The third kappa shape index (κ3) is 5.58. The van der Waals surface area contributed by atoms with Crippen molar-refractivity contribution in [1.82, 2.24) is 0 Å². The normalized spacial score (nSPS) is 29.8. The van der Waals surface area contributed by atoms with E-state index in [9.17, 15) is 0 Å². The van der Waals surface area contributed by atoms with E-state index in [1.807, 2.05) is 0 Å². The van der Waals surface area contributed by atoms with Crippen LogP contribution < -0.4 is 0 Å². The van der Waals surface area contributed by atoms with Gasteiger partial charge in [0.25, 0.3) is 0 Å². The summed E-state index contributed by atoms with van der Waals surface area (Å²) in [6.07, 6.45) is 4.85. The summed E-state index contributed by atoms with van der Waals surface area (Å²) in [4.78, 5) is 0. The van der Waals surface area contributed by atoms with Crippen LogP contribution in [-0.2, 0) is 9.47 Å². The van der Waals surface area contributed by atoms with E-state index in [0.29, 0.717) is 24.5 Å². The maximum absolute atomic E-state index is 6.41. The molecule has 0 aromatic heterocycles. The highest BCUT2D eigenvalue weighted by atomic mass is 35.5. The van der Waals surface area contributed by atoms with Crippen LogP contribution in [0.4, 0.5) is 0 Å². The molecule has 0 heterocycles. The van der Waals surface area contributed by atoms with Crippen LogP contribution in [-0.4, -0.2) is 32.3 Å². The third-order valence-corrected chi connectivity index (χ3v) is 4.51. The molecule has 1 aliphatic rings. The van der Waals surface area contributed by atoms with Gasteiger partial charge in [0.05, 0.1) is 13.2 Å². The van der Waals surface area contributed by atoms with E-state index in [1.54, 1.807) is 7.11 Å². The van der Waals surface area contributed by atoms with E-state index < -0.39 is 0 Å². The van der Waals surface area contributed by atoms with Crippen molar-refractivity contribution >= 4 is 11.6 Å². The van der Waals surface area contributed by atoms with Crippen molar-refractivity contribution in [2.24, 2.45) is 17.8 Å². The average Bonchev–Trinajstić information content (AvgIpc) is 2.30. The highest BCUT2D eigenvalue weighted by Gasteiger charge is 2.30. The van der Waals surface area contributed by atoms with Gasteiger partial charge in [-0.25, -0.2) is 0 Å². The number of hydrogen-bond donors (Lipinski definition) is 0. The molecule has 1 fully saturated rings. The Balaban J connectivity index is 2.20. The first-order valence-corrected chi connectivity index (χ1v) is 7.29. The first-order chi connectivity index (χ1) is 8.15. The Kier molecular flexibility index (Phi) is 7.49. The molecule has 0 radical (unpaired) electrons. The number of ether oxygens (including phenoxy) is 2. The van der Waals surface area contributed by atoms with Gasteiger partial charge in [0.1, 0.15) is 0 Å². The summed E-state index contributed by atoms with van der Waals surface area (Å²) in [6, 6.07) is 0. The van der Waals surface area contributed by atoms with Gasteiger partial charge < -0.3 is 9.47 Å². The van der Waals surface area contributed by atoms with Gasteiger partial charge in [0.2, 0.25) is 0 Å². The monoisotopic (exact) mass is 262 g/mol. The Morgan fingerprint density at radius 2 is 1.94 bits per heavy atom.